The second kappa shape index (κ2) is 9.82. The third kappa shape index (κ3) is 7.50. The molecule has 1 saturated heterocycles. The number of esters is 2. The summed E-state index contributed by atoms with van der Waals surface area (Å²) in [6.45, 7) is 9.64. The minimum absolute atomic E-state index is 0.000143. The molecular weight excluding hydrogens is 393 g/mol. The number of phosphoric acid groups is 1. The predicted octanol–water partition coefficient (Wildman–Crippen LogP) is 2.17. The quantitative estimate of drug-likeness (QED) is 0.355. The zero-order valence-electron chi connectivity index (χ0n) is 17.2. The first-order chi connectivity index (χ1) is 12.8. The van der Waals surface area contributed by atoms with Crippen molar-refractivity contribution in [2.45, 2.75) is 54.1 Å². The fraction of sp³-hybridized carbons (Fsp3) is 0.824. The highest BCUT2D eigenvalue weighted by Gasteiger charge is 2.49. The van der Waals surface area contributed by atoms with E-state index < -0.39 is 49.4 Å². The monoisotopic (exact) mass is 423 g/mol. The first kappa shape index (κ1) is 24.6. The van der Waals surface area contributed by atoms with Gasteiger partial charge in [0.2, 0.25) is 12.7 Å². The third-order valence-corrected chi connectivity index (χ3v) is 5.06. The molecule has 1 heterocycles. The molecule has 1 N–H and O–H groups in total. The standard InChI is InChI=1S/C17H30NO9P/c1-7-23-12(19)8-9-18-14(20)13-17(5,6)10-25-28(22,27-13)26-11-24-15(21)16(2,3)4/h13H,7-11H2,1-6H3,(H,18,20)/t13-,28-/m0/s1. The van der Waals surface area contributed by atoms with Crippen molar-refractivity contribution in [3.05, 3.63) is 0 Å². The summed E-state index contributed by atoms with van der Waals surface area (Å²) >= 11 is 0. The van der Waals surface area contributed by atoms with Gasteiger partial charge in [-0.25, -0.2) is 9.09 Å². The maximum Gasteiger partial charge on any atom is 0.478 e. The molecule has 1 aliphatic heterocycles. The second-order valence-corrected chi connectivity index (χ2v) is 9.59. The first-order valence-electron chi connectivity index (χ1n) is 8.99. The topological polar surface area (TPSA) is 126 Å². The Kier molecular flexibility index (Phi) is 8.62. The number of nitrogens with one attached hydrogen (secondary N) is 1. The maximum absolute atomic E-state index is 12.6. The molecule has 0 aliphatic carbocycles. The van der Waals surface area contributed by atoms with Crippen LogP contribution in [-0.2, 0) is 42.0 Å². The molecule has 0 aromatic carbocycles. The molecule has 1 aliphatic rings. The number of carbonyl (C=O) groups is 3. The molecular formula is C17H30NO9P. The van der Waals surface area contributed by atoms with Crippen LogP contribution in [0.5, 0.6) is 0 Å². The van der Waals surface area contributed by atoms with Crippen molar-refractivity contribution < 1.29 is 42.0 Å². The van der Waals surface area contributed by atoms with Crippen molar-refractivity contribution in [2.75, 3.05) is 26.6 Å². The van der Waals surface area contributed by atoms with Gasteiger partial charge in [0, 0.05) is 12.0 Å². The van der Waals surface area contributed by atoms with Crippen LogP contribution in [0.15, 0.2) is 0 Å². The van der Waals surface area contributed by atoms with E-state index >= 15 is 0 Å². The van der Waals surface area contributed by atoms with E-state index in [1.807, 2.05) is 0 Å². The number of carbonyl (C=O) groups excluding carboxylic acids is 3. The van der Waals surface area contributed by atoms with Crippen LogP contribution in [0.3, 0.4) is 0 Å². The Labute approximate surface area is 165 Å². The van der Waals surface area contributed by atoms with Crippen molar-refractivity contribution in [1.82, 2.24) is 5.32 Å². The van der Waals surface area contributed by atoms with Gasteiger partial charge in [-0.1, -0.05) is 13.8 Å². The lowest BCUT2D eigenvalue weighted by Crippen LogP contribution is -2.50. The van der Waals surface area contributed by atoms with Gasteiger partial charge < -0.3 is 14.8 Å². The van der Waals surface area contributed by atoms with E-state index in [9.17, 15) is 18.9 Å². The van der Waals surface area contributed by atoms with Crippen LogP contribution in [0.2, 0.25) is 0 Å². The average Bonchev–Trinajstić information content (AvgIpc) is 2.56. The van der Waals surface area contributed by atoms with E-state index in [1.165, 1.54) is 0 Å². The minimum Gasteiger partial charge on any atom is -0.466 e. The predicted molar refractivity (Wildman–Crippen MR) is 98.0 cm³/mol. The van der Waals surface area contributed by atoms with Gasteiger partial charge >= 0.3 is 19.8 Å². The number of ether oxygens (including phenoxy) is 2. The van der Waals surface area contributed by atoms with Crippen molar-refractivity contribution in [3.8, 4) is 0 Å². The fourth-order valence-corrected chi connectivity index (χ4v) is 3.58. The van der Waals surface area contributed by atoms with Gasteiger partial charge in [-0.15, -0.1) is 0 Å². The number of rotatable bonds is 8. The van der Waals surface area contributed by atoms with Crippen LogP contribution in [-0.4, -0.2) is 50.5 Å². The Balaban J connectivity index is 2.62. The summed E-state index contributed by atoms with van der Waals surface area (Å²) in [4.78, 5) is 35.5. The number of amides is 1. The van der Waals surface area contributed by atoms with Crippen molar-refractivity contribution in [1.29, 1.82) is 0 Å². The normalized spacial score (nSPS) is 24.3. The molecule has 28 heavy (non-hydrogen) atoms. The summed E-state index contributed by atoms with van der Waals surface area (Å²) in [6.07, 6.45) is -1.15. The van der Waals surface area contributed by atoms with E-state index in [2.05, 4.69) is 5.32 Å². The van der Waals surface area contributed by atoms with Gasteiger partial charge in [0.25, 0.3) is 0 Å². The van der Waals surface area contributed by atoms with E-state index in [1.54, 1.807) is 41.5 Å². The Bertz CT molecular complexity index is 627. The van der Waals surface area contributed by atoms with E-state index in [0.29, 0.717) is 0 Å². The average molecular weight is 423 g/mol. The third-order valence-electron chi connectivity index (χ3n) is 3.72. The fourth-order valence-electron chi connectivity index (χ4n) is 2.07. The molecule has 162 valence electrons. The lowest BCUT2D eigenvalue weighted by Gasteiger charge is -2.39. The molecule has 2 atom stereocenters. The summed E-state index contributed by atoms with van der Waals surface area (Å²) < 4.78 is 37.8. The highest BCUT2D eigenvalue weighted by atomic mass is 31.2. The maximum atomic E-state index is 12.6. The smallest absolute Gasteiger partial charge is 0.466 e. The summed E-state index contributed by atoms with van der Waals surface area (Å²) in [6, 6.07) is 0. The van der Waals surface area contributed by atoms with Crippen molar-refractivity contribution in [3.63, 3.8) is 0 Å². The molecule has 0 aromatic heterocycles. The molecule has 0 unspecified atom stereocenters. The van der Waals surface area contributed by atoms with Gasteiger partial charge in [-0.3, -0.25) is 23.4 Å². The molecule has 0 spiro atoms. The Hall–Kier alpha value is -1.48. The number of hydrogen-bond acceptors (Lipinski definition) is 9. The van der Waals surface area contributed by atoms with Gasteiger partial charge in [0.1, 0.15) is 0 Å². The van der Waals surface area contributed by atoms with Gasteiger partial charge in [0.15, 0.2) is 6.10 Å². The number of hydrogen-bond donors (Lipinski definition) is 1. The summed E-state index contributed by atoms with van der Waals surface area (Å²) in [5, 5.41) is 2.55. The zero-order chi connectivity index (χ0) is 21.6. The lowest BCUT2D eigenvalue weighted by atomic mass is 9.87. The van der Waals surface area contributed by atoms with Crippen LogP contribution in [0.4, 0.5) is 0 Å². The molecule has 1 rings (SSSR count). The van der Waals surface area contributed by atoms with Gasteiger partial charge in [-0.2, -0.15) is 0 Å². The van der Waals surface area contributed by atoms with Crippen LogP contribution < -0.4 is 5.32 Å². The lowest BCUT2D eigenvalue weighted by molar-refractivity contribution is -0.163. The SMILES string of the molecule is CCOC(=O)CCNC(=O)[C@@H]1O[P@](=O)(OCOC(=O)C(C)(C)C)OCC1(C)C. The van der Waals surface area contributed by atoms with E-state index in [0.717, 1.165) is 0 Å². The van der Waals surface area contributed by atoms with Crippen LogP contribution in [0, 0.1) is 10.8 Å². The van der Waals surface area contributed by atoms with E-state index in [-0.39, 0.29) is 26.2 Å². The molecule has 0 radical (unpaired) electrons. The molecule has 10 nitrogen and oxygen atoms in total. The molecule has 0 saturated carbocycles. The van der Waals surface area contributed by atoms with Gasteiger partial charge in [-0.05, 0) is 27.7 Å². The molecule has 0 bridgehead atoms. The Morgan fingerprint density at radius 2 is 1.86 bits per heavy atom. The van der Waals surface area contributed by atoms with Crippen LogP contribution in [0.1, 0.15) is 48.0 Å². The molecule has 1 fully saturated rings. The van der Waals surface area contributed by atoms with Gasteiger partial charge in [0.05, 0.1) is 25.0 Å². The van der Waals surface area contributed by atoms with Crippen molar-refractivity contribution >= 4 is 25.7 Å². The minimum atomic E-state index is -4.10. The second-order valence-electron chi connectivity index (χ2n) is 7.97. The highest BCUT2D eigenvalue weighted by Crippen LogP contribution is 2.57. The Morgan fingerprint density at radius 1 is 1.21 bits per heavy atom. The molecule has 0 aromatic rings. The van der Waals surface area contributed by atoms with Crippen LogP contribution >= 0.6 is 7.82 Å². The van der Waals surface area contributed by atoms with Crippen LogP contribution in [0.25, 0.3) is 0 Å². The van der Waals surface area contributed by atoms with Crippen molar-refractivity contribution in [2.24, 2.45) is 10.8 Å². The largest absolute Gasteiger partial charge is 0.478 e. The molecule has 11 heteroatoms. The summed E-state index contributed by atoms with van der Waals surface area (Å²) in [5.41, 5.74) is -1.55. The zero-order valence-corrected chi connectivity index (χ0v) is 18.1. The Morgan fingerprint density at radius 3 is 2.43 bits per heavy atom. The first-order valence-corrected chi connectivity index (χ1v) is 10.4. The highest BCUT2D eigenvalue weighted by molar-refractivity contribution is 7.48. The summed E-state index contributed by atoms with van der Waals surface area (Å²) in [5.74, 6) is -1.55. The summed E-state index contributed by atoms with van der Waals surface area (Å²) in [7, 11) is -4.10. The number of phosphoric ester groups is 1. The van der Waals surface area contributed by atoms with E-state index in [4.69, 9.17) is 23.0 Å². The molecule has 1 amide bonds.